The molecule has 1 unspecified atom stereocenters. The fraction of sp³-hybridized carbons (Fsp3) is 0.760. The number of carboxylic acid groups (broad SMARTS) is 1. The summed E-state index contributed by atoms with van der Waals surface area (Å²) < 4.78 is 6.05. The molecule has 0 bridgehead atoms. The lowest BCUT2D eigenvalue weighted by Crippen LogP contribution is -2.43. The molecule has 0 saturated carbocycles. The first-order valence-electron chi connectivity index (χ1n) is 11.8. The number of carboxylic acids is 1. The summed E-state index contributed by atoms with van der Waals surface area (Å²) in [5, 5.41) is 38.8. The minimum atomic E-state index is -1.09. The molecule has 0 aromatic carbocycles. The Labute approximate surface area is 191 Å². The monoisotopic (exact) mass is 452 g/mol. The molecule has 0 radical (unpaired) electrons. The molecule has 0 aliphatic heterocycles. The zero-order valence-corrected chi connectivity index (χ0v) is 19.7. The van der Waals surface area contributed by atoms with Crippen molar-refractivity contribution in [3.63, 3.8) is 0 Å². The summed E-state index contributed by atoms with van der Waals surface area (Å²) in [5.74, 6) is -1.09. The highest BCUT2D eigenvalue weighted by Gasteiger charge is 2.43. The van der Waals surface area contributed by atoms with Gasteiger partial charge in [-0.3, -0.25) is 9.59 Å². The molecule has 4 N–H and O–H groups in total. The number of carbonyl (C=O) groups excluding carboxylic acids is 1. The number of aliphatic hydroxyl groups excluding tert-OH is 3. The Morgan fingerprint density at radius 1 is 1.25 bits per heavy atom. The van der Waals surface area contributed by atoms with Gasteiger partial charge in [-0.25, -0.2) is 0 Å². The first-order chi connectivity index (χ1) is 15.0. The minimum absolute atomic E-state index is 0.00428. The number of aliphatic hydroxyl groups is 3. The highest BCUT2D eigenvalue weighted by molar-refractivity contribution is 5.76. The molecule has 182 valence electrons. The zero-order valence-electron chi connectivity index (χ0n) is 19.7. The Bertz CT molecular complexity index is 711. The van der Waals surface area contributed by atoms with Crippen molar-refractivity contribution in [3.05, 3.63) is 23.8 Å². The van der Waals surface area contributed by atoms with Gasteiger partial charge in [0, 0.05) is 18.4 Å². The maximum atomic E-state index is 12.9. The average Bonchev–Trinajstić information content (AvgIpc) is 2.72. The van der Waals surface area contributed by atoms with Gasteiger partial charge in [0.15, 0.2) is 0 Å². The SMILES string of the molecule is CCC(C)(C)C(=O)O[C@H]1CC(CO)C=C2C=C[C@H](C)[C@@H](CC[C@@H](O)C[C@@H](O)CC(=O)O)[C@H]21. The molecule has 2 aliphatic carbocycles. The van der Waals surface area contributed by atoms with Gasteiger partial charge >= 0.3 is 11.9 Å². The number of hydrogen-bond donors (Lipinski definition) is 4. The second kappa shape index (κ2) is 11.4. The van der Waals surface area contributed by atoms with Crippen molar-refractivity contribution in [1.29, 1.82) is 0 Å². The van der Waals surface area contributed by atoms with Crippen LogP contribution in [0.15, 0.2) is 23.8 Å². The predicted molar refractivity (Wildman–Crippen MR) is 121 cm³/mol. The molecule has 0 aromatic rings. The molecule has 7 atom stereocenters. The van der Waals surface area contributed by atoms with E-state index in [1.54, 1.807) is 0 Å². The van der Waals surface area contributed by atoms with E-state index in [0.29, 0.717) is 25.7 Å². The molecule has 32 heavy (non-hydrogen) atoms. The van der Waals surface area contributed by atoms with Crippen LogP contribution < -0.4 is 0 Å². The summed E-state index contributed by atoms with van der Waals surface area (Å²) in [6, 6.07) is 0. The van der Waals surface area contributed by atoms with E-state index in [4.69, 9.17) is 9.84 Å². The zero-order chi connectivity index (χ0) is 24.1. The molecule has 0 amide bonds. The van der Waals surface area contributed by atoms with Gasteiger partial charge in [0.25, 0.3) is 0 Å². The van der Waals surface area contributed by atoms with Gasteiger partial charge in [-0.15, -0.1) is 0 Å². The maximum Gasteiger partial charge on any atom is 0.311 e. The number of ether oxygens (including phenoxy) is 1. The first-order valence-corrected chi connectivity index (χ1v) is 11.8. The molecule has 7 nitrogen and oxygen atoms in total. The quantitative estimate of drug-likeness (QED) is 0.355. The van der Waals surface area contributed by atoms with E-state index in [9.17, 15) is 24.9 Å². The molecule has 0 fully saturated rings. The molecule has 0 heterocycles. The van der Waals surface area contributed by atoms with E-state index < -0.39 is 23.6 Å². The first kappa shape index (κ1) is 26.6. The number of allylic oxidation sites excluding steroid dienone is 2. The number of rotatable bonds is 11. The molecular formula is C25H40O7. The van der Waals surface area contributed by atoms with Crippen LogP contribution in [0, 0.1) is 29.1 Å². The van der Waals surface area contributed by atoms with Crippen molar-refractivity contribution in [3.8, 4) is 0 Å². The summed E-state index contributed by atoms with van der Waals surface area (Å²) in [5.41, 5.74) is 0.476. The number of esters is 1. The van der Waals surface area contributed by atoms with E-state index >= 15 is 0 Å². The lowest BCUT2D eigenvalue weighted by Gasteiger charge is -2.44. The Kier molecular flexibility index (Phi) is 9.49. The van der Waals surface area contributed by atoms with Crippen LogP contribution in [-0.2, 0) is 14.3 Å². The molecule has 0 aromatic heterocycles. The van der Waals surface area contributed by atoms with Crippen molar-refractivity contribution < 1.29 is 34.8 Å². The lowest BCUT2D eigenvalue weighted by molar-refractivity contribution is -0.165. The number of carbonyl (C=O) groups is 2. The molecule has 2 aliphatic rings. The third-order valence-corrected chi connectivity index (χ3v) is 7.19. The molecular weight excluding hydrogens is 412 g/mol. The van der Waals surface area contributed by atoms with E-state index in [2.05, 4.69) is 25.2 Å². The molecule has 0 saturated heterocycles. The van der Waals surface area contributed by atoms with E-state index in [1.807, 2.05) is 20.8 Å². The van der Waals surface area contributed by atoms with E-state index in [1.165, 1.54) is 0 Å². The van der Waals surface area contributed by atoms with Gasteiger partial charge in [0.2, 0.25) is 0 Å². The van der Waals surface area contributed by atoms with Gasteiger partial charge in [0.05, 0.1) is 24.0 Å². The van der Waals surface area contributed by atoms with Crippen LogP contribution in [0.5, 0.6) is 0 Å². The Morgan fingerprint density at radius 3 is 2.53 bits per heavy atom. The molecule has 2 rings (SSSR count). The van der Waals surface area contributed by atoms with Crippen LogP contribution in [0.4, 0.5) is 0 Å². The van der Waals surface area contributed by atoms with Crippen molar-refractivity contribution in [1.82, 2.24) is 0 Å². The van der Waals surface area contributed by atoms with Gasteiger partial charge in [0.1, 0.15) is 6.10 Å². The minimum Gasteiger partial charge on any atom is -0.481 e. The fourth-order valence-corrected chi connectivity index (χ4v) is 4.77. The summed E-state index contributed by atoms with van der Waals surface area (Å²) >= 11 is 0. The van der Waals surface area contributed by atoms with Crippen molar-refractivity contribution in [2.24, 2.45) is 29.1 Å². The number of aliphatic carboxylic acids is 1. The Morgan fingerprint density at radius 2 is 1.94 bits per heavy atom. The summed E-state index contributed by atoms with van der Waals surface area (Å²) in [4.78, 5) is 23.6. The second-order valence-corrected chi connectivity index (χ2v) is 10.2. The highest BCUT2D eigenvalue weighted by Crippen LogP contribution is 2.45. The topological polar surface area (TPSA) is 124 Å². The maximum absolute atomic E-state index is 12.9. The van der Waals surface area contributed by atoms with E-state index in [-0.39, 0.29) is 55.2 Å². The summed E-state index contributed by atoms with van der Waals surface area (Å²) in [7, 11) is 0. The van der Waals surface area contributed by atoms with Crippen molar-refractivity contribution in [2.45, 2.75) is 84.5 Å². The fourth-order valence-electron chi connectivity index (χ4n) is 4.77. The Balaban J connectivity index is 2.16. The average molecular weight is 453 g/mol. The smallest absolute Gasteiger partial charge is 0.311 e. The van der Waals surface area contributed by atoms with E-state index in [0.717, 1.165) is 5.57 Å². The highest BCUT2D eigenvalue weighted by atomic mass is 16.5. The summed E-state index contributed by atoms with van der Waals surface area (Å²) in [6.07, 6.45) is 5.97. The van der Waals surface area contributed by atoms with Crippen LogP contribution >= 0.6 is 0 Å². The van der Waals surface area contributed by atoms with Crippen LogP contribution in [0.2, 0.25) is 0 Å². The second-order valence-electron chi connectivity index (χ2n) is 10.2. The van der Waals surface area contributed by atoms with Gasteiger partial charge < -0.3 is 25.2 Å². The van der Waals surface area contributed by atoms with Crippen LogP contribution in [0.3, 0.4) is 0 Å². The molecule has 7 heteroatoms. The summed E-state index contributed by atoms with van der Waals surface area (Å²) in [6.45, 7) is 7.81. The number of fused-ring (bicyclic) bond motifs is 1. The van der Waals surface area contributed by atoms with Gasteiger partial charge in [-0.2, -0.15) is 0 Å². The lowest BCUT2D eigenvalue weighted by atomic mass is 9.65. The normalized spacial score (nSPS) is 29.6. The third kappa shape index (κ3) is 6.90. The standard InChI is InChI=1S/C25H40O7/c1-5-25(3,4)24(31)32-21-11-16(14-26)10-17-7-6-15(2)20(23(17)21)9-8-18(27)12-19(28)13-22(29)30/h6-7,10,15-16,18-21,23,26-28H,5,8-9,11-14H2,1-4H3,(H,29,30)/t15-,16?,18+,19+,20+,21-,23-/m0/s1. The van der Waals surface area contributed by atoms with Crippen molar-refractivity contribution >= 4 is 11.9 Å². The van der Waals surface area contributed by atoms with Crippen LogP contribution in [-0.4, -0.2) is 57.3 Å². The third-order valence-electron chi connectivity index (χ3n) is 7.19. The van der Waals surface area contributed by atoms with Crippen LogP contribution in [0.1, 0.15) is 66.2 Å². The van der Waals surface area contributed by atoms with Gasteiger partial charge in [-0.05, 0) is 63.4 Å². The molecule has 0 spiro atoms. The van der Waals surface area contributed by atoms with Crippen LogP contribution in [0.25, 0.3) is 0 Å². The van der Waals surface area contributed by atoms with Gasteiger partial charge in [-0.1, -0.05) is 32.1 Å². The van der Waals surface area contributed by atoms with Crippen molar-refractivity contribution in [2.75, 3.05) is 6.61 Å². The predicted octanol–water partition coefficient (Wildman–Crippen LogP) is 3.08. The Hall–Kier alpha value is -1.70. The largest absolute Gasteiger partial charge is 0.481 e. The number of hydrogen-bond acceptors (Lipinski definition) is 6.